The number of aromatic carboxylic acids is 1. The van der Waals surface area contributed by atoms with Crippen molar-refractivity contribution in [1.82, 2.24) is 0 Å². The molecule has 1 heterocycles. The number of rotatable bonds is 1. The number of fused-ring (bicyclic) bond motifs is 1. The van der Waals surface area contributed by atoms with Gasteiger partial charge in [0.25, 0.3) is 11.9 Å². The molecule has 0 saturated heterocycles. The van der Waals surface area contributed by atoms with E-state index in [4.69, 9.17) is 5.11 Å². The van der Waals surface area contributed by atoms with Crippen molar-refractivity contribution < 1.29 is 24.5 Å². The zero-order valence-corrected chi connectivity index (χ0v) is 7.81. The fourth-order valence-corrected chi connectivity index (χ4v) is 1.60. The Labute approximate surface area is 84.5 Å². The molecule has 0 aromatic carbocycles. The van der Waals surface area contributed by atoms with Crippen LogP contribution in [-0.4, -0.2) is 21.3 Å². The molecule has 0 spiro atoms. The Morgan fingerprint density at radius 3 is 2.53 bits per heavy atom. The molecule has 3 N–H and O–H groups in total. The van der Waals surface area contributed by atoms with E-state index in [9.17, 15) is 15.0 Å². The van der Waals surface area contributed by atoms with Crippen LogP contribution >= 0.6 is 0 Å². The zero-order chi connectivity index (χ0) is 11.2. The summed E-state index contributed by atoms with van der Waals surface area (Å²) < 4.78 is 4.55. The van der Waals surface area contributed by atoms with E-state index in [1.165, 1.54) is 6.07 Å². The Balaban J connectivity index is 2.87. The van der Waals surface area contributed by atoms with E-state index < -0.39 is 17.9 Å². The van der Waals surface area contributed by atoms with Gasteiger partial charge in [-0.15, -0.1) is 0 Å². The van der Waals surface area contributed by atoms with Gasteiger partial charge in [0.15, 0.2) is 0 Å². The fraction of sp³-hybridized carbons (Fsp3) is 0.100. The van der Waals surface area contributed by atoms with Crippen LogP contribution < -0.4 is 0 Å². The number of aromatic hydroxyl groups is 2. The maximum Gasteiger partial charge on any atom is 0.343 e. The molecular formula is C10H8O5. The number of carbonyl (C=O) groups is 1. The van der Waals surface area contributed by atoms with Gasteiger partial charge in [0.2, 0.25) is 0 Å². The first kappa shape index (κ1) is 9.39. The standard InChI is InChI=1S/C10H8O5/c1-4-2-3-5-6(4)9(13)15-10(14)7(5)8(11)12/h2-3,13-14H,1H3,(H,11,12). The lowest BCUT2D eigenvalue weighted by molar-refractivity contribution is 0.0688. The first-order valence-electron chi connectivity index (χ1n) is 4.19. The minimum absolute atomic E-state index is 0.265. The highest BCUT2D eigenvalue weighted by Crippen LogP contribution is 2.42. The van der Waals surface area contributed by atoms with Gasteiger partial charge >= 0.3 is 5.97 Å². The molecule has 0 fully saturated rings. The van der Waals surface area contributed by atoms with Gasteiger partial charge in [0.05, 0.1) is 5.56 Å². The summed E-state index contributed by atoms with van der Waals surface area (Å²) in [6, 6.07) is 3.16. The molecule has 0 aromatic heterocycles. The third-order valence-corrected chi connectivity index (χ3v) is 2.27. The highest BCUT2D eigenvalue weighted by molar-refractivity contribution is 6.00. The molecule has 0 saturated carbocycles. The first-order chi connectivity index (χ1) is 7.02. The number of aryl methyl sites for hydroxylation is 1. The summed E-state index contributed by atoms with van der Waals surface area (Å²) in [6.07, 6.45) is 0. The Hall–Kier alpha value is -2.17. The second-order valence-electron chi connectivity index (χ2n) is 3.20. The predicted octanol–water partition coefficient (Wildman–Crippen LogP) is 1.80. The van der Waals surface area contributed by atoms with E-state index in [1.807, 2.05) is 0 Å². The van der Waals surface area contributed by atoms with Crippen LogP contribution in [0.3, 0.4) is 0 Å². The summed E-state index contributed by atoms with van der Waals surface area (Å²) in [4.78, 5) is 10.9. The average Bonchev–Trinajstić information content (AvgIpc) is 2.47. The summed E-state index contributed by atoms with van der Waals surface area (Å²) in [6.45, 7) is 1.71. The molecule has 5 nitrogen and oxygen atoms in total. The summed E-state index contributed by atoms with van der Waals surface area (Å²) in [5.41, 5.74) is 0.927. The van der Waals surface area contributed by atoms with Gasteiger partial charge in [-0.3, -0.25) is 0 Å². The lowest BCUT2D eigenvalue weighted by Gasteiger charge is -2.08. The Morgan fingerprint density at radius 2 is 1.93 bits per heavy atom. The Kier molecular flexibility index (Phi) is 1.82. The summed E-state index contributed by atoms with van der Waals surface area (Å²) >= 11 is 0. The molecule has 15 heavy (non-hydrogen) atoms. The molecule has 0 amide bonds. The molecular weight excluding hydrogens is 200 g/mol. The van der Waals surface area contributed by atoms with Crippen LogP contribution in [0.4, 0.5) is 0 Å². The van der Waals surface area contributed by atoms with Crippen LogP contribution in [0.25, 0.3) is 11.1 Å². The van der Waals surface area contributed by atoms with Gasteiger partial charge in [0.1, 0.15) is 5.56 Å². The van der Waals surface area contributed by atoms with Crippen molar-refractivity contribution in [2.75, 3.05) is 0 Å². The quantitative estimate of drug-likeness (QED) is 0.664. The van der Waals surface area contributed by atoms with Crippen molar-refractivity contribution in [2.45, 2.75) is 6.92 Å². The molecule has 1 aliphatic carbocycles. The predicted molar refractivity (Wildman–Crippen MR) is 50.4 cm³/mol. The van der Waals surface area contributed by atoms with Crippen molar-refractivity contribution in [1.29, 1.82) is 0 Å². The van der Waals surface area contributed by atoms with Gasteiger partial charge in [-0.05, 0) is 12.5 Å². The van der Waals surface area contributed by atoms with Crippen LogP contribution in [-0.2, 0) is 0 Å². The summed E-state index contributed by atoms with van der Waals surface area (Å²) in [5, 5.41) is 27.5. The smallest absolute Gasteiger partial charge is 0.343 e. The van der Waals surface area contributed by atoms with Crippen LogP contribution in [0.15, 0.2) is 16.5 Å². The van der Waals surface area contributed by atoms with Gasteiger partial charge in [-0.2, -0.15) is 0 Å². The SMILES string of the molecule is Cc1ccc2c(C(=O)O)c(O)oc(O)c1-2. The van der Waals surface area contributed by atoms with Crippen LogP contribution in [0.5, 0.6) is 11.9 Å². The maximum absolute atomic E-state index is 10.9. The third-order valence-electron chi connectivity index (χ3n) is 2.27. The zero-order valence-electron chi connectivity index (χ0n) is 7.81. The van der Waals surface area contributed by atoms with E-state index in [-0.39, 0.29) is 11.1 Å². The van der Waals surface area contributed by atoms with E-state index in [1.54, 1.807) is 13.0 Å². The highest BCUT2D eigenvalue weighted by atomic mass is 16.5. The number of carboxylic acids is 1. The minimum Gasteiger partial charge on any atom is -0.480 e. The Morgan fingerprint density at radius 1 is 1.27 bits per heavy atom. The molecule has 5 heteroatoms. The lowest BCUT2D eigenvalue weighted by atomic mass is 10.0. The summed E-state index contributed by atoms with van der Waals surface area (Å²) in [5.74, 6) is -2.57. The minimum atomic E-state index is -1.30. The van der Waals surface area contributed by atoms with Crippen molar-refractivity contribution in [3.8, 4) is 23.0 Å². The van der Waals surface area contributed by atoms with Gasteiger partial charge < -0.3 is 19.7 Å². The van der Waals surface area contributed by atoms with Crippen LogP contribution in [0.1, 0.15) is 15.9 Å². The molecule has 0 radical (unpaired) electrons. The van der Waals surface area contributed by atoms with Crippen LogP contribution in [0.2, 0.25) is 0 Å². The van der Waals surface area contributed by atoms with E-state index >= 15 is 0 Å². The molecule has 1 aliphatic heterocycles. The Bertz CT molecular complexity index is 511. The van der Waals surface area contributed by atoms with Crippen molar-refractivity contribution in [3.05, 3.63) is 23.3 Å². The molecule has 0 aromatic rings. The first-order valence-corrected chi connectivity index (χ1v) is 4.19. The number of hydrogen-bond donors (Lipinski definition) is 3. The molecule has 78 valence electrons. The van der Waals surface area contributed by atoms with Crippen molar-refractivity contribution in [2.24, 2.45) is 0 Å². The second-order valence-corrected chi connectivity index (χ2v) is 3.20. The maximum atomic E-state index is 10.9. The normalized spacial score (nSPS) is 10.7. The van der Waals surface area contributed by atoms with Gasteiger partial charge in [0, 0.05) is 5.56 Å². The second kappa shape index (κ2) is 2.91. The number of hydrogen-bond acceptors (Lipinski definition) is 4. The van der Waals surface area contributed by atoms with Crippen LogP contribution in [0, 0.1) is 6.92 Å². The lowest BCUT2D eigenvalue weighted by Crippen LogP contribution is -2.00. The van der Waals surface area contributed by atoms with E-state index in [0.29, 0.717) is 11.1 Å². The average molecular weight is 208 g/mol. The van der Waals surface area contributed by atoms with Crippen molar-refractivity contribution in [3.63, 3.8) is 0 Å². The third kappa shape index (κ3) is 1.20. The largest absolute Gasteiger partial charge is 0.480 e. The van der Waals surface area contributed by atoms with E-state index in [0.717, 1.165) is 0 Å². The highest BCUT2D eigenvalue weighted by Gasteiger charge is 2.26. The fourth-order valence-electron chi connectivity index (χ4n) is 1.60. The molecule has 0 unspecified atom stereocenters. The molecule has 0 atom stereocenters. The monoisotopic (exact) mass is 208 g/mol. The summed E-state index contributed by atoms with van der Waals surface area (Å²) in [7, 11) is 0. The molecule has 0 bridgehead atoms. The number of carboxylic acid groups (broad SMARTS) is 1. The van der Waals surface area contributed by atoms with Gasteiger partial charge in [-0.1, -0.05) is 12.1 Å². The van der Waals surface area contributed by atoms with E-state index in [2.05, 4.69) is 4.42 Å². The topological polar surface area (TPSA) is 90.9 Å². The van der Waals surface area contributed by atoms with Crippen molar-refractivity contribution >= 4 is 5.97 Å². The van der Waals surface area contributed by atoms with Gasteiger partial charge in [-0.25, -0.2) is 4.79 Å². The molecule has 2 aliphatic rings. The molecule has 2 rings (SSSR count).